The number of hydrogen-bond acceptors (Lipinski definition) is 3. The molecule has 0 unspecified atom stereocenters. The van der Waals surface area contributed by atoms with E-state index in [0.717, 1.165) is 0 Å². The monoisotopic (exact) mass is 251 g/mol. The highest BCUT2D eigenvalue weighted by molar-refractivity contribution is 5.74. The molecule has 1 rings (SSSR count). The van der Waals surface area contributed by atoms with Crippen molar-refractivity contribution in [3.63, 3.8) is 0 Å². The van der Waals surface area contributed by atoms with E-state index in [1.54, 1.807) is 17.0 Å². The normalized spacial score (nSPS) is 9.89. The SMILES string of the molecule is CCN(CC)C(=O)NCCOc1cccc(N)c1. The van der Waals surface area contributed by atoms with Crippen LogP contribution in [0, 0.1) is 0 Å². The number of rotatable bonds is 6. The Balaban J connectivity index is 2.24. The van der Waals surface area contributed by atoms with E-state index < -0.39 is 0 Å². The fourth-order valence-electron chi connectivity index (χ4n) is 1.55. The van der Waals surface area contributed by atoms with E-state index in [4.69, 9.17) is 10.5 Å². The van der Waals surface area contributed by atoms with Crippen molar-refractivity contribution >= 4 is 11.7 Å². The van der Waals surface area contributed by atoms with Gasteiger partial charge < -0.3 is 20.7 Å². The number of amides is 2. The van der Waals surface area contributed by atoms with Crippen molar-refractivity contribution in [3.05, 3.63) is 24.3 Å². The summed E-state index contributed by atoms with van der Waals surface area (Å²) in [7, 11) is 0. The zero-order valence-corrected chi connectivity index (χ0v) is 11.0. The highest BCUT2D eigenvalue weighted by Gasteiger charge is 2.07. The first-order valence-corrected chi connectivity index (χ1v) is 6.18. The maximum absolute atomic E-state index is 11.6. The summed E-state index contributed by atoms with van der Waals surface area (Å²) in [6.07, 6.45) is 0. The summed E-state index contributed by atoms with van der Waals surface area (Å²) in [5, 5.41) is 2.80. The standard InChI is InChI=1S/C13H21N3O2/c1-3-16(4-2)13(17)15-8-9-18-12-7-5-6-11(14)10-12/h5-7,10H,3-4,8-9,14H2,1-2H3,(H,15,17). The molecule has 0 atom stereocenters. The minimum absolute atomic E-state index is 0.0591. The van der Waals surface area contributed by atoms with Gasteiger partial charge in [-0.15, -0.1) is 0 Å². The maximum atomic E-state index is 11.6. The van der Waals surface area contributed by atoms with Gasteiger partial charge in [-0.25, -0.2) is 4.79 Å². The smallest absolute Gasteiger partial charge is 0.317 e. The van der Waals surface area contributed by atoms with Gasteiger partial charge >= 0.3 is 6.03 Å². The summed E-state index contributed by atoms with van der Waals surface area (Å²) in [5.41, 5.74) is 6.30. The van der Waals surface area contributed by atoms with E-state index in [0.29, 0.717) is 37.7 Å². The van der Waals surface area contributed by atoms with Crippen LogP contribution in [0.2, 0.25) is 0 Å². The van der Waals surface area contributed by atoms with Gasteiger partial charge in [-0.1, -0.05) is 6.07 Å². The van der Waals surface area contributed by atoms with Crippen LogP contribution in [0.5, 0.6) is 5.75 Å². The summed E-state index contributed by atoms with van der Waals surface area (Å²) in [4.78, 5) is 13.3. The highest BCUT2D eigenvalue weighted by Crippen LogP contribution is 2.13. The van der Waals surface area contributed by atoms with Crippen LogP contribution in [0.4, 0.5) is 10.5 Å². The lowest BCUT2D eigenvalue weighted by atomic mass is 10.3. The minimum Gasteiger partial charge on any atom is -0.492 e. The second-order valence-electron chi connectivity index (χ2n) is 3.83. The topological polar surface area (TPSA) is 67.6 Å². The second kappa shape index (κ2) is 7.42. The van der Waals surface area contributed by atoms with Crippen molar-refractivity contribution in [1.82, 2.24) is 10.2 Å². The molecular formula is C13H21N3O2. The van der Waals surface area contributed by atoms with Crippen molar-refractivity contribution in [2.75, 3.05) is 32.0 Å². The molecule has 1 aromatic rings. The van der Waals surface area contributed by atoms with Crippen molar-refractivity contribution in [1.29, 1.82) is 0 Å². The molecular weight excluding hydrogens is 230 g/mol. The number of urea groups is 1. The van der Waals surface area contributed by atoms with Crippen LogP contribution in [0.15, 0.2) is 24.3 Å². The van der Waals surface area contributed by atoms with Gasteiger partial charge in [0, 0.05) is 24.8 Å². The Labute approximate surface area is 108 Å². The van der Waals surface area contributed by atoms with Crippen LogP contribution in [0.1, 0.15) is 13.8 Å². The Bertz CT molecular complexity index is 378. The minimum atomic E-state index is -0.0591. The zero-order valence-electron chi connectivity index (χ0n) is 11.0. The lowest BCUT2D eigenvalue weighted by Crippen LogP contribution is -2.41. The van der Waals surface area contributed by atoms with E-state index in [1.165, 1.54) is 0 Å². The van der Waals surface area contributed by atoms with Crippen molar-refractivity contribution in [2.24, 2.45) is 0 Å². The number of nitrogen functional groups attached to an aromatic ring is 1. The van der Waals surface area contributed by atoms with Crippen LogP contribution < -0.4 is 15.8 Å². The van der Waals surface area contributed by atoms with Gasteiger partial charge in [0.15, 0.2) is 0 Å². The third kappa shape index (κ3) is 4.53. The molecule has 0 saturated carbocycles. The number of hydrogen-bond donors (Lipinski definition) is 2. The van der Waals surface area contributed by atoms with E-state index in [1.807, 2.05) is 26.0 Å². The molecule has 3 N–H and O–H groups in total. The maximum Gasteiger partial charge on any atom is 0.317 e. The van der Waals surface area contributed by atoms with Gasteiger partial charge in [-0.3, -0.25) is 0 Å². The molecule has 0 aromatic heterocycles. The van der Waals surface area contributed by atoms with Gasteiger partial charge in [0.25, 0.3) is 0 Å². The van der Waals surface area contributed by atoms with Gasteiger partial charge in [0.05, 0.1) is 6.54 Å². The van der Waals surface area contributed by atoms with Crippen molar-refractivity contribution < 1.29 is 9.53 Å². The summed E-state index contributed by atoms with van der Waals surface area (Å²) >= 11 is 0. The average molecular weight is 251 g/mol. The zero-order chi connectivity index (χ0) is 13.4. The van der Waals surface area contributed by atoms with Gasteiger partial charge in [0.2, 0.25) is 0 Å². The number of ether oxygens (including phenoxy) is 1. The Hall–Kier alpha value is -1.91. The largest absolute Gasteiger partial charge is 0.492 e. The number of nitrogens with one attached hydrogen (secondary N) is 1. The van der Waals surface area contributed by atoms with Crippen LogP contribution in [-0.2, 0) is 0 Å². The molecule has 18 heavy (non-hydrogen) atoms. The van der Waals surface area contributed by atoms with E-state index >= 15 is 0 Å². The number of carbonyl (C=O) groups is 1. The second-order valence-corrected chi connectivity index (χ2v) is 3.83. The fraction of sp³-hybridized carbons (Fsp3) is 0.462. The average Bonchev–Trinajstić information content (AvgIpc) is 2.36. The molecule has 0 bridgehead atoms. The first kappa shape index (κ1) is 14.2. The molecule has 0 heterocycles. The lowest BCUT2D eigenvalue weighted by Gasteiger charge is -2.19. The Morgan fingerprint density at radius 1 is 1.39 bits per heavy atom. The third-order valence-electron chi connectivity index (χ3n) is 2.56. The molecule has 0 saturated heterocycles. The molecule has 0 aliphatic carbocycles. The van der Waals surface area contributed by atoms with Gasteiger partial charge in [-0.2, -0.15) is 0 Å². The van der Waals surface area contributed by atoms with E-state index in [-0.39, 0.29) is 6.03 Å². The Morgan fingerprint density at radius 3 is 2.72 bits per heavy atom. The lowest BCUT2D eigenvalue weighted by molar-refractivity contribution is 0.200. The number of nitrogens with zero attached hydrogens (tertiary/aromatic N) is 1. The highest BCUT2D eigenvalue weighted by atomic mass is 16.5. The molecule has 5 nitrogen and oxygen atoms in total. The molecule has 5 heteroatoms. The van der Waals surface area contributed by atoms with Crippen molar-refractivity contribution in [2.45, 2.75) is 13.8 Å². The van der Waals surface area contributed by atoms with E-state index in [2.05, 4.69) is 5.32 Å². The molecule has 1 aromatic carbocycles. The number of nitrogens with two attached hydrogens (primary N) is 1. The quantitative estimate of drug-likeness (QED) is 0.597. The summed E-state index contributed by atoms with van der Waals surface area (Å²) in [5.74, 6) is 0.715. The molecule has 100 valence electrons. The number of anilines is 1. The predicted molar refractivity (Wildman–Crippen MR) is 72.7 cm³/mol. The van der Waals surface area contributed by atoms with Gasteiger partial charge in [-0.05, 0) is 26.0 Å². The summed E-state index contributed by atoms with van der Waals surface area (Å²) < 4.78 is 5.47. The Morgan fingerprint density at radius 2 is 2.11 bits per heavy atom. The number of benzene rings is 1. The molecule has 0 spiro atoms. The Kier molecular flexibility index (Phi) is 5.84. The van der Waals surface area contributed by atoms with E-state index in [9.17, 15) is 4.79 Å². The van der Waals surface area contributed by atoms with Crippen molar-refractivity contribution in [3.8, 4) is 5.75 Å². The first-order valence-electron chi connectivity index (χ1n) is 6.18. The van der Waals surface area contributed by atoms with Crippen LogP contribution >= 0.6 is 0 Å². The molecule has 0 aliphatic rings. The van der Waals surface area contributed by atoms with Gasteiger partial charge in [0.1, 0.15) is 12.4 Å². The molecule has 0 aliphatic heterocycles. The van der Waals surface area contributed by atoms with Crippen LogP contribution in [0.25, 0.3) is 0 Å². The number of carbonyl (C=O) groups excluding carboxylic acids is 1. The molecule has 0 radical (unpaired) electrons. The fourth-order valence-corrected chi connectivity index (χ4v) is 1.55. The summed E-state index contributed by atoms with van der Waals surface area (Å²) in [6.45, 7) is 6.22. The molecule has 0 fully saturated rings. The summed E-state index contributed by atoms with van der Waals surface area (Å²) in [6, 6.07) is 7.17. The predicted octanol–water partition coefficient (Wildman–Crippen LogP) is 1.70. The van der Waals surface area contributed by atoms with Crippen LogP contribution in [0.3, 0.4) is 0 Å². The third-order valence-corrected chi connectivity index (χ3v) is 2.56. The molecule has 2 amide bonds. The van der Waals surface area contributed by atoms with Crippen LogP contribution in [-0.4, -0.2) is 37.2 Å². The first-order chi connectivity index (χ1) is 8.67.